The number of nitrogens with one attached hydrogen (secondary N) is 2. The number of carbonyl (C=O) groups excluding carboxylic acids is 2. The minimum absolute atomic E-state index is 0.0653. The van der Waals surface area contributed by atoms with E-state index in [2.05, 4.69) is 17.6 Å². The van der Waals surface area contributed by atoms with Gasteiger partial charge >= 0.3 is 0 Å². The number of methoxy groups -OCH3 is 1. The van der Waals surface area contributed by atoms with Gasteiger partial charge in [-0.15, -0.1) is 0 Å². The largest absolute Gasteiger partial charge is 0.494 e. The van der Waals surface area contributed by atoms with Crippen molar-refractivity contribution >= 4 is 11.7 Å². The Hall–Kier alpha value is -1.95. The first-order valence-electron chi connectivity index (χ1n) is 8.28. The Balaban J connectivity index is 1.78. The Morgan fingerprint density at radius 1 is 1.29 bits per heavy atom. The topological polar surface area (TPSA) is 67.4 Å². The van der Waals surface area contributed by atoms with Crippen molar-refractivity contribution in [2.24, 2.45) is 5.41 Å². The summed E-state index contributed by atoms with van der Waals surface area (Å²) in [7, 11) is 1.37. The minimum atomic E-state index is -0.577. The number of hydrogen-bond acceptors (Lipinski definition) is 4. The van der Waals surface area contributed by atoms with E-state index in [-0.39, 0.29) is 41.3 Å². The fraction of sp³-hybridized carbons (Fsp3) is 0.556. The van der Waals surface area contributed by atoms with Crippen LogP contribution in [0.5, 0.6) is 5.75 Å². The monoisotopic (exact) mass is 336 g/mol. The van der Waals surface area contributed by atoms with Gasteiger partial charge in [-0.3, -0.25) is 9.59 Å². The Morgan fingerprint density at radius 3 is 2.62 bits per heavy atom. The van der Waals surface area contributed by atoms with Crippen LogP contribution in [-0.4, -0.2) is 38.4 Å². The molecule has 1 saturated heterocycles. The van der Waals surface area contributed by atoms with Gasteiger partial charge in [0.05, 0.1) is 7.11 Å². The van der Waals surface area contributed by atoms with Gasteiger partial charge < -0.3 is 15.4 Å². The van der Waals surface area contributed by atoms with E-state index in [0.717, 1.165) is 32.0 Å². The molecule has 1 aromatic carbocycles. The lowest BCUT2D eigenvalue weighted by molar-refractivity contribution is -0.121. The molecule has 1 amide bonds. The average Bonchev–Trinajstić information content (AvgIpc) is 2.58. The second-order valence-corrected chi connectivity index (χ2v) is 6.61. The van der Waals surface area contributed by atoms with Crippen molar-refractivity contribution in [3.8, 4) is 5.75 Å². The van der Waals surface area contributed by atoms with Crippen molar-refractivity contribution in [1.82, 2.24) is 10.6 Å². The van der Waals surface area contributed by atoms with E-state index >= 15 is 0 Å². The SMILES string of the molecule is COc1ccc(C(=O)CCC(=O)NCC2(C)CCNCC2)cc1F. The Morgan fingerprint density at radius 2 is 2.00 bits per heavy atom. The van der Waals surface area contributed by atoms with Crippen molar-refractivity contribution in [3.05, 3.63) is 29.6 Å². The summed E-state index contributed by atoms with van der Waals surface area (Å²) in [6.45, 7) is 4.72. The summed E-state index contributed by atoms with van der Waals surface area (Å²) in [6.07, 6.45) is 2.23. The Labute approximate surface area is 142 Å². The van der Waals surface area contributed by atoms with Gasteiger partial charge in [-0.25, -0.2) is 4.39 Å². The zero-order chi connectivity index (χ0) is 17.6. The maximum absolute atomic E-state index is 13.6. The van der Waals surface area contributed by atoms with Crippen LogP contribution >= 0.6 is 0 Å². The van der Waals surface area contributed by atoms with Crippen LogP contribution < -0.4 is 15.4 Å². The van der Waals surface area contributed by atoms with Crippen LogP contribution in [0.4, 0.5) is 4.39 Å². The minimum Gasteiger partial charge on any atom is -0.494 e. The number of piperidine rings is 1. The molecule has 1 aliphatic rings. The maximum Gasteiger partial charge on any atom is 0.220 e. The highest BCUT2D eigenvalue weighted by atomic mass is 19.1. The van der Waals surface area contributed by atoms with E-state index in [1.807, 2.05) is 0 Å². The lowest BCUT2D eigenvalue weighted by Gasteiger charge is -2.34. The highest BCUT2D eigenvalue weighted by Gasteiger charge is 2.27. The summed E-state index contributed by atoms with van der Waals surface area (Å²) in [4.78, 5) is 24.0. The van der Waals surface area contributed by atoms with Crippen molar-refractivity contribution in [2.75, 3.05) is 26.7 Å². The second-order valence-electron chi connectivity index (χ2n) is 6.61. The zero-order valence-corrected chi connectivity index (χ0v) is 14.3. The van der Waals surface area contributed by atoms with Crippen LogP contribution in [0.1, 0.15) is 43.0 Å². The number of carbonyl (C=O) groups is 2. The van der Waals surface area contributed by atoms with Crippen molar-refractivity contribution in [1.29, 1.82) is 0 Å². The van der Waals surface area contributed by atoms with E-state index < -0.39 is 5.82 Å². The molecule has 2 rings (SSSR count). The molecule has 0 atom stereocenters. The van der Waals surface area contributed by atoms with Crippen LogP contribution in [0.15, 0.2) is 18.2 Å². The van der Waals surface area contributed by atoms with Gasteiger partial charge in [0.2, 0.25) is 5.91 Å². The zero-order valence-electron chi connectivity index (χ0n) is 14.3. The highest BCUT2D eigenvalue weighted by Crippen LogP contribution is 2.26. The summed E-state index contributed by atoms with van der Waals surface area (Å²) >= 11 is 0. The number of Topliss-reactive ketones (excluding diaryl/α,β-unsaturated/α-hetero) is 1. The predicted molar refractivity (Wildman–Crippen MR) is 89.7 cm³/mol. The molecular formula is C18H25FN2O3. The fourth-order valence-electron chi connectivity index (χ4n) is 2.82. The lowest BCUT2D eigenvalue weighted by atomic mass is 9.81. The van der Waals surface area contributed by atoms with E-state index in [1.165, 1.54) is 19.2 Å². The highest BCUT2D eigenvalue weighted by molar-refractivity contribution is 5.98. The molecule has 1 heterocycles. The third-order valence-corrected chi connectivity index (χ3v) is 4.58. The lowest BCUT2D eigenvalue weighted by Crippen LogP contribution is -2.42. The van der Waals surface area contributed by atoms with Gasteiger partial charge in [0.1, 0.15) is 0 Å². The molecular weight excluding hydrogens is 311 g/mol. The first-order valence-corrected chi connectivity index (χ1v) is 8.28. The Bertz CT molecular complexity index is 598. The van der Waals surface area contributed by atoms with E-state index in [4.69, 9.17) is 4.74 Å². The molecule has 0 saturated carbocycles. The summed E-state index contributed by atoms with van der Waals surface area (Å²) < 4.78 is 18.4. The van der Waals surface area contributed by atoms with Crippen LogP contribution in [0.25, 0.3) is 0 Å². The number of ether oxygens (including phenoxy) is 1. The molecule has 5 nitrogen and oxygen atoms in total. The van der Waals surface area contributed by atoms with Gasteiger partial charge in [0.15, 0.2) is 17.3 Å². The molecule has 1 aromatic rings. The van der Waals surface area contributed by atoms with Gasteiger partial charge in [-0.1, -0.05) is 6.92 Å². The molecule has 24 heavy (non-hydrogen) atoms. The molecule has 0 aliphatic carbocycles. The average molecular weight is 336 g/mol. The Kier molecular flexibility index (Phi) is 6.31. The molecule has 0 bridgehead atoms. The van der Waals surface area contributed by atoms with Crippen LogP contribution in [0.2, 0.25) is 0 Å². The normalized spacial score (nSPS) is 16.5. The van der Waals surface area contributed by atoms with Gasteiger partial charge in [0.25, 0.3) is 0 Å². The van der Waals surface area contributed by atoms with E-state index in [9.17, 15) is 14.0 Å². The molecule has 0 unspecified atom stereocenters. The molecule has 2 N–H and O–H groups in total. The number of benzene rings is 1. The first-order chi connectivity index (χ1) is 11.4. The molecule has 6 heteroatoms. The van der Waals surface area contributed by atoms with E-state index in [0.29, 0.717) is 6.54 Å². The van der Waals surface area contributed by atoms with Crippen molar-refractivity contribution in [3.63, 3.8) is 0 Å². The summed E-state index contributed by atoms with van der Waals surface area (Å²) in [6, 6.07) is 4.08. The van der Waals surface area contributed by atoms with Crippen LogP contribution in [0, 0.1) is 11.2 Å². The number of halogens is 1. The number of amides is 1. The predicted octanol–water partition coefficient (Wildman–Crippen LogP) is 2.30. The number of ketones is 1. The molecule has 0 spiro atoms. The standard InChI is InChI=1S/C18H25FN2O3/c1-18(7-9-20-10-8-18)12-21-17(23)6-4-15(22)13-3-5-16(24-2)14(19)11-13/h3,5,11,20H,4,6-10,12H2,1-2H3,(H,21,23). The second kappa shape index (κ2) is 8.24. The van der Waals surface area contributed by atoms with Crippen LogP contribution in [0.3, 0.4) is 0 Å². The van der Waals surface area contributed by atoms with Crippen molar-refractivity contribution in [2.45, 2.75) is 32.6 Å². The molecule has 132 valence electrons. The number of hydrogen-bond donors (Lipinski definition) is 2. The summed E-state index contributed by atoms with van der Waals surface area (Å²) in [5, 5.41) is 6.22. The third-order valence-electron chi connectivity index (χ3n) is 4.58. The fourth-order valence-corrected chi connectivity index (χ4v) is 2.82. The van der Waals surface area contributed by atoms with Gasteiger partial charge in [-0.2, -0.15) is 0 Å². The molecule has 1 aliphatic heterocycles. The summed E-state index contributed by atoms with van der Waals surface area (Å²) in [5.41, 5.74) is 0.371. The molecule has 0 radical (unpaired) electrons. The summed E-state index contributed by atoms with van der Waals surface area (Å²) in [5.74, 6) is -0.872. The first kappa shape index (κ1) is 18.4. The molecule has 1 fully saturated rings. The third kappa shape index (κ3) is 5.03. The van der Waals surface area contributed by atoms with Gasteiger partial charge in [0, 0.05) is 24.9 Å². The number of rotatable bonds is 7. The van der Waals surface area contributed by atoms with Gasteiger partial charge in [-0.05, 0) is 49.5 Å². The molecule has 0 aromatic heterocycles. The van der Waals surface area contributed by atoms with E-state index in [1.54, 1.807) is 0 Å². The quantitative estimate of drug-likeness (QED) is 0.750. The maximum atomic E-state index is 13.6. The smallest absolute Gasteiger partial charge is 0.220 e. The van der Waals surface area contributed by atoms with Crippen molar-refractivity contribution < 1.29 is 18.7 Å². The van der Waals surface area contributed by atoms with Crippen LogP contribution in [-0.2, 0) is 4.79 Å².